The van der Waals surface area contributed by atoms with E-state index in [2.05, 4.69) is 39.3 Å². The van der Waals surface area contributed by atoms with Crippen LogP contribution in [0.25, 0.3) is 0 Å². The van der Waals surface area contributed by atoms with Crippen molar-refractivity contribution in [3.05, 3.63) is 34.3 Å². The Morgan fingerprint density at radius 1 is 1.41 bits per heavy atom. The van der Waals surface area contributed by atoms with Crippen molar-refractivity contribution in [2.24, 2.45) is 0 Å². The van der Waals surface area contributed by atoms with Gasteiger partial charge in [0.25, 0.3) is 0 Å². The molecule has 0 aliphatic carbocycles. The number of hydrogen-bond donors (Lipinski definition) is 1. The van der Waals surface area contributed by atoms with E-state index in [0.717, 1.165) is 11.4 Å². The van der Waals surface area contributed by atoms with Crippen molar-refractivity contribution in [1.29, 1.82) is 0 Å². The van der Waals surface area contributed by atoms with E-state index in [9.17, 15) is 0 Å². The summed E-state index contributed by atoms with van der Waals surface area (Å²) in [5, 5.41) is 2.08. The molecule has 0 bridgehead atoms. The van der Waals surface area contributed by atoms with E-state index in [-0.39, 0.29) is 6.04 Å². The summed E-state index contributed by atoms with van der Waals surface area (Å²) in [6.45, 7) is 4.10. The fraction of sp³-hybridized carbons (Fsp3) is 0.333. The second kappa shape index (κ2) is 4.71. The number of anilines is 2. The zero-order valence-corrected chi connectivity index (χ0v) is 11.0. The molecule has 2 N–H and O–H groups in total. The first-order valence-corrected chi connectivity index (χ1v) is 6.32. The molecule has 0 fully saturated rings. The number of rotatable bonds is 3. The van der Waals surface area contributed by atoms with Gasteiger partial charge in [-0.25, -0.2) is 9.97 Å². The fourth-order valence-electron chi connectivity index (χ4n) is 1.71. The van der Waals surface area contributed by atoms with Crippen LogP contribution in [-0.4, -0.2) is 17.0 Å². The Balaban J connectivity index is 2.31. The highest BCUT2D eigenvalue weighted by Crippen LogP contribution is 2.29. The van der Waals surface area contributed by atoms with Gasteiger partial charge in [-0.2, -0.15) is 0 Å². The fourth-order valence-corrected chi connectivity index (χ4v) is 2.54. The Morgan fingerprint density at radius 3 is 2.82 bits per heavy atom. The highest BCUT2D eigenvalue weighted by Gasteiger charge is 2.17. The quantitative estimate of drug-likeness (QED) is 0.907. The minimum absolute atomic E-state index is 0.281. The maximum Gasteiger partial charge on any atom is 0.137 e. The first-order chi connectivity index (χ1) is 8.11. The molecule has 2 aromatic heterocycles. The normalized spacial score (nSPS) is 12.4. The Labute approximate surface area is 105 Å². The smallest absolute Gasteiger partial charge is 0.137 e. The monoisotopic (exact) mass is 248 g/mol. The van der Waals surface area contributed by atoms with Crippen LogP contribution < -0.4 is 10.6 Å². The van der Waals surface area contributed by atoms with Gasteiger partial charge in [0.05, 0.1) is 6.04 Å². The molecule has 2 rings (SSSR count). The van der Waals surface area contributed by atoms with E-state index in [1.54, 1.807) is 11.3 Å². The molecule has 0 saturated carbocycles. The molecule has 17 heavy (non-hydrogen) atoms. The zero-order valence-electron chi connectivity index (χ0n) is 10.2. The van der Waals surface area contributed by atoms with Gasteiger partial charge in [-0.05, 0) is 25.3 Å². The number of nitrogen functional groups attached to an aromatic ring is 1. The molecular weight excluding hydrogens is 232 g/mol. The summed E-state index contributed by atoms with van der Waals surface area (Å²) in [5.74, 6) is 1.43. The summed E-state index contributed by atoms with van der Waals surface area (Å²) in [7, 11) is 2.03. The summed E-state index contributed by atoms with van der Waals surface area (Å²) < 4.78 is 0. The minimum atomic E-state index is 0.281. The third-order valence-electron chi connectivity index (χ3n) is 2.97. The van der Waals surface area contributed by atoms with Crippen molar-refractivity contribution in [2.75, 3.05) is 17.7 Å². The highest BCUT2D eigenvalue weighted by atomic mass is 32.1. The van der Waals surface area contributed by atoms with Crippen molar-refractivity contribution in [3.8, 4) is 0 Å². The molecule has 90 valence electrons. The van der Waals surface area contributed by atoms with Crippen LogP contribution in [0.4, 0.5) is 11.6 Å². The van der Waals surface area contributed by atoms with E-state index >= 15 is 0 Å². The van der Waals surface area contributed by atoms with Gasteiger partial charge in [0.15, 0.2) is 0 Å². The lowest BCUT2D eigenvalue weighted by Gasteiger charge is -2.26. The summed E-state index contributed by atoms with van der Waals surface area (Å²) >= 11 is 1.75. The van der Waals surface area contributed by atoms with Crippen molar-refractivity contribution in [3.63, 3.8) is 0 Å². The Bertz CT molecular complexity index is 495. The third-order valence-corrected chi connectivity index (χ3v) is 4.01. The lowest BCUT2D eigenvalue weighted by atomic mass is 10.2. The molecule has 2 aromatic rings. The number of aromatic nitrogens is 2. The molecule has 0 saturated heterocycles. The first-order valence-electron chi connectivity index (χ1n) is 5.44. The molecule has 1 unspecified atom stereocenters. The van der Waals surface area contributed by atoms with Gasteiger partial charge in [0.1, 0.15) is 18.0 Å². The number of nitrogens with zero attached hydrogens (tertiary/aromatic N) is 3. The highest BCUT2D eigenvalue weighted by molar-refractivity contribution is 7.10. The predicted molar refractivity (Wildman–Crippen MR) is 72.3 cm³/mol. The second-order valence-corrected chi connectivity index (χ2v) is 4.99. The maximum atomic E-state index is 5.80. The molecule has 0 aliphatic rings. The van der Waals surface area contributed by atoms with E-state index < -0.39 is 0 Å². The molecule has 0 aliphatic heterocycles. The van der Waals surface area contributed by atoms with Crippen LogP contribution in [0.2, 0.25) is 0 Å². The van der Waals surface area contributed by atoms with Gasteiger partial charge in [-0.3, -0.25) is 0 Å². The molecular formula is C12H16N4S. The van der Waals surface area contributed by atoms with Crippen LogP contribution in [0.3, 0.4) is 0 Å². The molecule has 4 nitrogen and oxygen atoms in total. The predicted octanol–water partition coefficient (Wildman–Crippen LogP) is 2.63. The van der Waals surface area contributed by atoms with Crippen LogP contribution in [0, 0.1) is 6.92 Å². The van der Waals surface area contributed by atoms with Crippen LogP contribution >= 0.6 is 11.3 Å². The van der Waals surface area contributed by atoms with Crippen molar-refractivity contribution in [1.82, 2.24) is 9.97 Å². The summed E-state index contributed by atoms with van der Waals surface area (Å²) in [4.78, 5) is 11.7. The summed E-state index contributed by atoms with van der Waals surface area (Å²) in [5.41, 5.74) is 6.73. The zero-order chi connectivity index (χ0) is 12.4. The van der Waals surface area contributed by atoms with E-state index in [0.29, 0.717) is 5.82 Å². The largest absolute Gasteiger partial charge is 0.383 e. The van der Waals surface area contributed by atoms with E-state index in [1.165, 1.54) is 11.2 Å². The van der Waals surface area contributed by atoms with Crippen LogP contribution in [0.15, 0.2) is 23.8 Å². The van der Waals surface area contributed by atoms with Gasteiger partial charge in [0.2, 0.25) is 0 Å². The lowest BCUT2D eigenvalue weighted by Crippen LogP contribution is -2.23. The van der Waals surface area contributed by atoms with Gasteiger partial charge in [0, 0.05) is 17.5 Å². The Hall–Kier alpha value is -1.62. The Morgan fingerprint density at radius 2 is 2.18 bits per heavy atom. The maximum absolute atomic E-state index is 5.80. The average Bonchev–Trinajstić information content (AvgIpc) is 2.84. The van der Waals surface area contributed by atoms with Crippen LogP contribution in [-0.2, 0) is 0 Å². The topological polar surface area (TPSA) is 55.0 Å². The van der Waals surface area contributed by atoms with Gasteiger partial charge >= 0.3 is 0 Å². The van der Waals surface area contributed by atoms with Crippen molar-refractivity contribution in [2.45, 2.75) is 19.9 Å². The summed E-state index contributed by atoms with van der Waals surface area (Å²) in [6, 6.07) is 4.47. The summed E-state index contributed by atoms with van der Waals surface area (Å²) in [6.07, 6.45) is 1.51. The van der Waals surface area contributed by atoms with Crippen molar-refractivity contribution >= 4 is 23.0 Å². The number of thiophene rings is 1. The van der Waals surface area contributed by atoms with E-state index in [1.807, 2.05) is 14.0 Å². The average molecular weight is 248 g/mol. The minimum Gasteiger partial charge on any atom is -0.383 e. The van der Waals surface area contributed by atoms with E-state index in [4.69, 9.17) is 5.73 Å². The van der Waals surface area contributed by atoms with Gasteiger partial charge in [-0.15, -0.1) is 11.3 Å². The third kappa shape index (κ3) is 2.24. The SMILES string of the molecule is Cc1c(N)ncnc1N(C)C(C)c1cccs1. The molecule has 5 heteroatoms. The molecule has 0 aromatic carbocycles. The molecule has 0 radical (unpaired) electrons. The molecule has 0 amide bonds. The number of nitrogens with two attached hydrogens (primary N) is 1. The van der Waals surface area contributed by atoms with Crippen molar-refractivity contribution < 1.29 is 0 Å². The van der Waals surface area contributed by atoms with Gasteiger partial charge in [-0.1, -0.05) is 6.07 Å². The van der Waals surface area contributed by atoms with Crippen LogP contribution in [0.1, 0.15) is 23.4 Å². The molecule has 1 atom stereocenters. The standard InChI is InChI=1S/C12H16N4S/c1-8-11(13)14-7-15-12(8)16(3)9(2)10-5-4-6-17-10/h4-7,9H,1-3H3,(H2,13,14,15). The van der Waals surface area contributed by atoms with Crippen LogP contribution in [0.5, 0.6) is 0 Å². The molecule has 0 spiro atoms. The molecule has 2 heterocycles. The number of hydrogen-bond acceptors (Lipinski definition) is 5. The first kappa shape index (κ1) is 11.9. The second-order valence-electron chi connectivity index (χ2n) is 4.01. The van der Waals surface area contributed by atoms with Gasteiger partial charge < -0.3 is 10.6 Å². The Kier molecular flexibility index (Phi) is 3.28. The lowest BCUT2D eigenvalue weighted by molar-refractivity contribution is 0.737.